The van der Waals surface area contributed by atoms with Gasteiger partial charge in [0, 0.05) is 16.3 Å². The Morgan fingerprint density at radius 1 is 1.45 bits per heavy atom. The molecule has 0 bridgehead atoms. The molecular weight excluding hydrogens is 268 g/mol. The molecule has 1 aromatic heterocycles. The van der Waals surface area contributed by atoms with E-state index < -0.39 is 0 Å². The zero-order valence-electron chi connectivity index (χ0n) is 11.9. The number of nitrogens with two attached hydrogens (primary N) is 1. The van der Waals surface area contributed by atoms with Gasteiger partial charge in [0.1, 0.15) is 0 Å². The predicted molar refractivity (Wildman–Crippen MR) is 83.8 cm³/mol. The predicted octanol–water partition coefficient (Wildman–Crippen LogP) is 3.58. The lowest BCUT2D eigenvalue weighted by atomic mass is 10.1. The standard InChI is InChI=1S/C15H18N4S/c1-9-15(20-11(3)18-9)10(2)19-13-4-5-14(17)12(8-13)6-7-16/h4-5,8,10,19H,6,17H2,1-3H3. The summed E-state index contributed by atoms with van der Waals surface area (Å²) >= 11 is 1.71. The van der Waals surface area contributed by atoms with Crippen molar-refractivity contribution in [3.05, 3.63) is 39.3 Å². The Hall–Kier alpha value is -2.06. The van der Waals surface area contributed by atoms with Crippen molar-refractivity contribution in [2.45, 2.75) is 33.2 Å². The number of benzene rings is 1. The third-order valence-corrected chi connectivity index (χ3v) is 4.38. The quantitative estimate of drug-likeness (QED) is 0.842. The average Bonchev–Trinajstić information content (AvgIpc) is 2.73. The number of nitrogen functional groups attached to an aromatic ring is 1. The van der Waals surface area contributed by atoms with Crippen molar-refractivity contribution >= 4 is 22.7 Å². The summed E-state index contributed by atoms with van der Waals surface area (Å²) in [6, 6.07) is 8.04. The molecule has 1 atom stereocenters. The van der Waals surface area contributed by atoms with E-state index in [1.54, 1.807) is 11.3 Å². The van der Waals surface area contributed by atoms with E-state index in [4.69, 9.17) is 11.0 Å². The maximum absolute atomic E-state index is 8.80. The third-order valence-electron chi connectivity index (χ3n) is 3.13. The lowest BCUT2D eigenvalue weighted by Crippen LogP contribution is -2.07. The number of hydrogen-bond acceptors (Lipinski definition) is 5. The van der Waals surface area contributed by atoms with E-state index in [1.165, 1.54) is 4.88 Å². The Labute approximate surface area is 123 Å². The molecule has 2 aromatic rings. The largest absolute Gasteiger partial charge is 0.398 e. The second-order valence-electron chi connectivity index (χ2n) is 4.80. The first-order chi connectivity index (χ1) is 9.51. The van der Waals surface area contributed by atoms with Crippen molar-refractivity contribution in [1.82, 2.24) is 4.98 Å². The van der Waals surface area contributed by atoms with Crippen LogP contribution in [0, 0.1) is 25.2 Å². The molecule has 0 aliphatic heterocycles. The average molecular weight is 286 g/mol. The molecule has 4 nitrogen and oxygen atoms in total. The van der Waals surface area contributed by atoms with Crippen molar-refractivity contribution in [2.75, 3.05) is 11.1 Å². The summed E-state index contributed by atoms with van der Waals surface area (Å²) < 4.78 is 0. The number of hydrogen-bond donors (Lipinski definition) is 2. The maximum Gasteiger partial charge on any atom is 0.0900 e. The Morgan fingerprint density at radius 2 is 2.20 bits per heavy atom. The lowest BCUT2D eigenvalue weighted by molar-refractivity contribution is 0.889. The molecule has 1 heterocycles. The van der Waals surface area contributed by atoms with Crippen molar-refractivity contribution < 1.29 is 0 Å². The van der Waals surface area contributed by atoms with Crippen LogP contribution < -0.4 is 11.1 Å². The highest BCUT2D eigenvalue weighted by molar-refractivity contribution is 7.11. The third kappa shape index (κ3) is 3.09. The first kappa shape index (κ1) is 14.4. The van der Waals surface area contributed by atoms with Gasteiger partial charge in [0.2, 0.25) is 0 Å². The number of thiazole rings is 1. The molecule has 3 N–H and O–H groups in total. The van der Waals surface area contributed by atoms with E-state index in [-0.39, 0.29) is 6.04 Å². The number of nitriles is 1. The smallest absolute Gasteiger partial charge is 0.0900 e. The van der Waals surface area contributed by atoms with E-state index in [0.29, 0.717) is 12.1 Å². The fourth-order valence-electron chi connectivity index (χ4n) is 2.20. The van der Waals surface area contributed by atoms with E-state index in [2.05, 4.69) is 23.3 Å². The first-order valence-electron chi connectivity index (χ1n) is 6.47. The van der Waals surface area contributed by atoms with Gasteiger partial charge in [-0.05, 0) is 44.5 Å². The Bertz CT molecular complexity index is 654. The Kier molecular flexibility index (Phi) is 4.26. The van der Waals surface area contributed by atoms with Gasteiger partial charge in [0.15, 0.2) is 0 Å². The molecule has 0 spiro atoms. The summed E-state index contributed by atoms with van der Waals surface area (Å²) in [5, 5.41) is 13.3. The van der Waals surface area contributed by atoms with Crippen molar-refractivity contribution in [3.8, 4) is 6.07 Å². The number of nitrogens with zero attached hydrogens (tertiary/aromatic N) is 2. The molecule has 2 rings (SSSR count). The van der Waals surface area contributed by atoms with Crippen LogP contribution in [0.4, 0.5) is 11.4 Å². The van der Waals surface area contributed by atoms with Crippen molar-refractivity contribution in [1.29, 1.82) is 5.26 Å². The van der Waals surface area contributed by atoms with E-state index in [0.717, 1.165) is 22.0 Å². The van der Waals surface area contributed by atoms with Gasteiger partial charge >= 0.3 is 0 Å². The molecule has 1 unspecified atom stereocenters. The van der Waals surface area contributed by atoms with E-state index in [9.17, 15) is 0 Å². The second kappa shape index (κ2) is 5.93. The van der Waals surface area contributed by atoms with Gasteiger partial charge < -0.3 is 11.1 Å². The highest BCUT2D eigenvalue weighted by Crippen LogP contribution is 2.28. The highest BCUT2D eigenvalue weighted by atomic mass is 32.1. The van der Waals surface area contributed by atoms with Crippen LogP contribution in [0.2, 0.25) is 0 Å². The minimum atomic E-state index is 0.180. The number of nitrogens with one attached hydrogen (secondary N) is 1. The van der Waals surface area contributed by atoms with Crippen LogP contribution in [0.1, 0.15) is 34.1 Å². The van der Waals surface area contributed by atoms with Gasteiger partial charge in [-0.25, -0.2) is 4.98 Å². The van der Waals surface area contributed by atoms with Crippen LogP contribution in [-0.2, 0) is 6.42 Å². The minimum absolute atomic E-state index is 0.180. The molecule has 0 saturated carbocycles. The lowest BCUT2D eigenvalue weighted by Gasteiger charge is -2.15. The normalized spacial score (nSPS) is 11.9. The van der Waals surface area contributed by atoms with Crippen LogP contribution in [0.25, 0.3) is 0 Å². The molecule has 0 fully saturated rings. The van der Waals surface area contributed by atoms with Gasteiger partial charge in [-0.1, -0.05) is 0 Å². The maximum atomic E-state index is 8.80. The van der Waals surface area contributed by atoms with Gasteiger partial charge in [-0.3, -0.25) is 0 Å². The first-order valence-corrected chi connectivity index (χ1v) is 7.28. The molecule has 0 radical (unpaired) electrons. The zero-order chi connectivity index (χ0) is 14.7. The van der Waals surface area contributed by atoms with Crippen LogP contribution in [-0.4, -0.2) is 4.98 Å². The van der Waals surface area contributed by atoms with Crippen LogP contribution >= 0.6 is 11.3 Å². The summed E-state index contributed by atoms with van der Waals surface area (Å²) in [5.41, 5.74) is 9.43. The molecule has 104 valence electrons. The van der Waals surface area contributed by atoms with E-state index in [1.807, 2.05) is 32.0 Å². The monoisotopic (exact) mass is 286 g/mol. The fourth-order valence-corrected chi connectivity index (χ4v) is 3.13. The molecule has 0 amide bonds. The minimum Gasteiger partial charge on any atom is -0.398 e. The topological polar surface area (TPSA) is 74.7 Å². The van der Waals surface area contributed by atoms with Crippen molar-refractivity contribution in [3.63, 3.8) is 0 Å². The summed E-state index contributed by atoms with van der Waals surface area (Å²) in [6.45, 7) is 6.16. The van der Waals surface area contributed by atoms with Crippen LogP contribution in [0.5, 0.6) is 0 Å². The SMILES string of the molecule is Cc1nc(C)c(C(C)Nc2ccc(N)c(CC#N)c2)s1. The Morgan fingerprint density at radius 3 is 2.80 bits per heavy atom. The fraction of sp³-hybridized carbons (Fsp3) is 0.333. The van der Waals surface area contributed by atoms with Crippen LogP contribution in [0.3, 0.4) is 0 Å². The van der Waals surface area contributed by atoms with E-state index >= 15 is 0 Å². The van der Waals surface area contributed by atoms with Gasteiger partial charge in [-0.2, -0.15) is 5.26 Å². The molecule has 0 aliphatic rings. The summed E-state index contributed by atoms with van der Waals surface area (Å²) in [4.78, 5) is 5.69. The molecular formula is C15H18N4S. The van der Waals surface area contributed by atoms with Crippen LogP contribution in [0.15, 0.2) is 18.2 Å². The van der Waals surface area contributed by atoms with Crippen molar-refractivity contribution in [2.24, 2.45) is 0 Å². The molecule has 20 heavy (non-hydrogen) atoms. The van der Waals surface area contributed by atoms with Gasteiger partial charge in [0.05, 0.1) is 29.2 Å². The molecule has 1 aromatic carbocycles. The number of rotatable bonds is 4. The summed E-state index contributed by atoms with van der Waals surface area (Å²) in [5.74, 6) is 0. The molecule has 5 heteroatoms. The summed E-state index contributed by atoms with van der Waals surface area (Å²) in [6.07, 6.45) is 0.328. The zero-order valence-corrected chi connectivity index (χ0v) is 12.7. The highest BCUT2D eigenvalue weighted by Gasteiger charge is 2.13. The summed E-state index contributed by atoms with van der Waals surface area (Å²) in [7, 11) is 0. The number of aryl methyl sites for hydroxylation is 2. The van der Waals surface area contributed by atoms with Gasteiger partial charge in [-0.15, -0.1) is 11.3 Å². The van der Waals surface area contributed by atoms with Gasteiger partial charge in [0.25, 0.3) is 0 Å². The number of aromatic nitrogens is 1. The Balaban J connectivity index is 2.20. The molecule has 0 aliphatic carbocycles. The second-order valence-corrected chi connectivity index (χ2v) is 6.03. The number of anilines is 2. The molecule has 0 saturated heterocycles.